The maximum Gasteiger partial charge on any atom is 0.250 e. The zero-order valence-corrected chi connectivity index (χ0v) is 10.6. The Bertz CT molecular complexity index is 776. The fourth-order valence-corrected chi connectivity index (χ4v) is 2.15. The Morgan fingerprint density at radius 3 is 2.58 bits per heavy atom. The number of benzene rings is 2. The number of anilines is 2. The molecular weight excluding hydrogens is 236 g/mol. The lowest BCUT2D eigenvalue weighted by Gasteiger charge is -2.10. The number of aryl methyl sites for hydroxylation is 1. The molecule has 3 heteroatoms. The van der Waals surface area contributed by atoms with Crippen LogP contribution in [0.5, 0.6) is 0 Å². The first-order valence-electron chi connectivity index (χ1n) is 6.18. The maximum atomic E-state index is 11.7. The highest BCUT2D eigenvalue weighted by Gasteiger charge is 2.04. The van der Waals surface area contributed by atoms with Crippen LogP contribution >= 0.6 is 0 Å². The van der Waals surface area contributed by atoms with Gasteiger partial charge in [-0.05, 0) is 31.2 Å². The second-order valence-electron chi connectivity index (χ2n) is 4.59. The number of rotatable bonds is 2. The van der Waals surface area contributed by atoms with Gasteiger partial charge in [0.15, 0.2) is 0 Å². The molecule has 2 aromatic carbocycles. The van der Waals surface area contributed by atoms with Gasteiger partial charge in [-0.25, -0.2) is 0 Å². The lowest BCUT2D eigenvalue weighted by molar-refractivity contribution is 1.30. The average Bonchev–Trinajstić information content (AvgIpc) is 2.41. The van der Waals surface area contributed by atoms with Crippen molar-refractivity contribution in [2.24, 2.45) is 0 Å². The highest BCUT2D eigenvalue weighted by atomic mass is 16.1. The molecule has 1 heterocycles. The van der Waals surface area contributed by atoms with E-state index in [0.29, 0.717) is 0 Å². The van der Waals surface area contributed by atoms with Crippen LogP contribution in [0.3, 0.4) is 0 Å². The van der Waals surface area contributed by atoms with Crippen LogP contribution in [0.2, 0.25) is 0 Å². The molecule has 0 radical (unpaired) electrons. The molecule has 0 aliphatic rings. The Hall–Kier alpha value is -2.55. The van der Waals surface area contributed by atoms with E-state index in [2.05, 4.69) is 16.4 Å². The molecule has 3 aromatic rings. The summed E-state index contributed by atoms with van der Waals surface area (Å²) in [5, 5.41) is 4.31. The number of aromatic amines is 1. The molecule has 0 fully saturated rings. The second-order valence-corrected chi connectivity index (χ2v) is 4.59. The number of fused-ring (bicyclic) bond motifs is 1. The second kappa shape index (κ2) is 4.61. The summed E-state index contributed by atoms with van der Waals surface area (Å²) in [6.45, 7) is 2.04. The summed E-state index contributed by atoms with van der Waals surface area (Å²) in [5.41, 5.74) is 3.70. The van der Waals surface area contributed by atoms with E-state index < -0.39 is 0 Å². The molecular formula is C16H14N2O. The molecule has 0 unspecified atom stereocenters. The van der Waals surface area contributed by atoms with Gasteiger partial charge in [-0.2, -0.15) is 0 Å². The van der Waals surface area contributed by atoms with Crippen LogP contribution in [0, 0.1) is 6.92 Å². The first kappa shape index (κ1) is 11.5. The monoisotopic (exact) mass is 250 g/mol. The van der Waals surface area contributed by atoms with E-state index in [1.54, 1.807) is 6.07 Å². The van der Waals surface area contributed by atoms with E-state index in [0.717, 1.165) is 27.8 Å². The molecule has 3 nitrogen and oxygen atoms in total. The summed E-state index contributed by atoms with van der Waals surface area (Å²) in [6, 6.07) is 17.4. The van der Waals surface area contributed by atoms with Crippen molar-refractivity contribution in [2.75, 3.05) is 5.32 Å². The van der Waals surface area contributed by atoms with Crippen LogP contribution in [-0.4, -0.2) is 4.98 Å². The smallest absolute Gasteiger partial charge is 0.250 e. The number of hydrogen-bond donors (Lipinski definition) is 2. The van der Waals surface area contributed by atoms with Crippen LogP contribution in [0.25, 0.3) is 10.9 Å². The van der Waals surface area contributed by atoms with Gasteiger partial charge in [-0.15, -0.1) is 0 Å². The van der Waals surface area contributed by atoms with Crippen LogP contribution in [0.15, 0.2) is 59.4 Å². The first-order valence-corrected chi connectivity index (χ1v) is 6.18. The number of aromatic nitrogens is 1. The summed E-state index contributed by atoms with van der Waals surface area (Å²) >= 11 is 0. The molecule has 0 spiro atoms. The zero-order chi connectivity index (χ0) is 13.2. The third-order valence-electron chi connectivity index (χ3n) is 3.05. The molecule has 0 saturated carbocycles. The van der Waals surface area contributed by atoms with Crippen molar-refractivity contribution in [1.29, 1.82) is 0 Å². The lowest BCUT2D eigenvalue weighted by atomic mass is 10.1. The van der Waals surface area contributed by atoms with Crippen molar-refractivity contribution in [2.45, 2.75) is 6.92 Å². The van der Waals surface area contributed by atoms with Gasteiger partial charge in [0, 0.05) is 17.1 Å². The first-order chi connectivity index (χ1) is 9.22. The van der Waals surface area contributed by atoms with Gasteiger partial charge in [0.2, 0.25) is 5.56 Å². The van der Waals surface area contributed by atoms with Crippen molar-refractivity contribution in [3.05, 3.63) is 70.5 Å². The van der Waals surface area contributed by atoms with E-state index in [4.69, 9.17) is 0 Å². The number of para-hydroxylation sites is 1. The zero-order valence-electron chi connectivity index (χ0n) is 10.6. The average molecular weight is 250 g/mol. The van der Waals surface area contributed by atoms with Crippen molar-refractivity contribution in [1.82, 2.24) is 4.98 Å². The van der Waals surface area contributed by atoms with Gasteiger partial charge in [0.1, 0.15) is 0 Å². The van der Waals surface area contributed by atoms with Crippen molar-refractivity contribution in [3.8, 4) is 0 Å². The van der Waals surface area contributed by atoms with Gasteiger partial charge in [-0.1, -0.05) is 29.8 Å². The number of nitrogens with one attached hydrogen (secondary N) is 2. The fourth-order valence-electron chi connectivity index (χ4n) is 2.15. The molecule has 0 bridgehead atoms. The predicted molar refractivity (Wildman–Crippen MR) is 79.0 cm³/mol. The third kappa shape index (κ3) is 2.36. The quantitative estimate of drug-likeness (QED) is 0.730. The van der Waals surface area contributed by atoms with Crippen LogP contribution in [-0.2, 0) is 0 Å². The Morgan fingerprint density at radius 2 is 1.79 bits per heavy atom. The standard InChI is InChI=1S/C16H14N2O/c1-11-7-8-14-13(9-11)15(10-16(19)18-14)17-12-5-3-2-4-6-12/h2-10H,1H3,(H2,17,18,19). The highest BCUT2D eigenvalue weighted by molar-refractivity contribution is 5.93. The van der Waals surface area contributed by atoms with Crippen molar-refractivity contribution >= 4 is 22.3 Å². The van der Waals surface area contributed by atoms with Gasteiger partial charge >= 0.3 is 0 Å². The predicted octanol–water partition coefficient (Wildman–Crippen LogP) is 3.58. The summed E-state index contributed by atoms with van der Waals surface area (Å²) in [7, 11) is 0. The van der Waals surface area contributed by atoms with Gasteiger partial charge < -0.3 is 10.3 Å². The lowest BCUT2D eigenvalue weighted by Crippen LogP contribution is -2.06. The molecule has 0 atom stereocenters. The summed E-state index contributed by atoms with van der Waals surface area (Å²) in [6.07, 6.45) is 0. The van der Waals surface area contributed by atoms with Crippen LogP contribution in [0.1, 0.15) is 5.56 Å². The Balaban J connectivity index is 2.17. The molecule has 0 aliphatic heterocycles. The molecule has 1 aromatic heterocycles. The number of H-pyrrole nitrogens is 1. The minimum Gasteiger partial charge on any atom is -0.355 e. The normalized spacial score (nSPS) is 10.6. The number of hydrogen-bond acceptors (Lipinski definition) is 2. The summed E-state index contributed by atoms with van der Waals surface area (Å²) in [5.74, 6) is 0. The van der Waals surface area contributed by atoms with Gasteiger partial charge in [0.25, 0.3) is 0 Å². The Morgan fingerprint density at radius 1 is 1.00 bits per heavy atom. The summed E-state index contributed by atoms with van der Waals surface area (Å²) < 4.78 is 0. The minimum atomic E-state index is -0.102. The minimum absolute atomic E-state index is 0.102. The molecule has 0 amide bonds. The highest BCUT2D eigenvalue weighted by Crippen LogP contribution is 2.24. The molecule has 0 aliphatic carbocycles. The number of pyridine rings is 1. The molecule has 94 valence electrons. The molecule has 0 saturated heterocycles. The largest absolute Gasteiger partial charge is 0.355 e. The van der Waals surface area contributed by atoms with E-state index in [1.807, 2.05) is 49.4 Å². The molecule has 2 N–H and O–H groups in total. The third-order valence-corrected chi connectivity index (χ3v) is 3.05. The van der Waals surface area contributed by atoms with Gasteiger partial charge in [0.05, 0.1) is 11.2 Å². The maximum absolute atomic E-state index is 11.7. The van der Waals surface area contributed by atoms with E-state index in [-0.39, 0.29) is 5.56 Å². The van der Waals surface area contributed by atoms with Crippen molar-refractivity contribution < 1.29 is 0 Å². The SMILES string of the molecule is Cc1ccc2[nH]c(=O)cc(Nc3ccccc3)c2c1. The van der Waals surface area contributed by atoms with E-state index in [9.17, 15) is 4.79 Å². The van der Waals surface area contributed by atoms with Crippen LogP contribution in [0.4, 0.5) is 11.4 Å². The fraction of sp³-hybridized carbons (Fsp3) is 0.0625. The Labute approximate surface area is 110 Å². The molecule has 3 rings (SSSR count). The van der Waals surface area contributed by atoms with Crippen molar-refractivity contribution in [3.63, 3.8) is 0 Å². The van der Waals surface area contributed by atoms with E-state index in [1.165, 1.54) is 0 Å². The Kier molecular flexibility index (Phi) is 2.80. The topological polar surface area (TPSA) is 44.9 Å². The summed E-state index contributed by atoms with van der Waals surface area (Å²) in [4.78, 5) is 14.5. The van der Waals surface area contributed by atoms with E-state index >= 15 is 0 Å². The van der Waals surface area contributed by atoms with Crippen LogP contribution < -0.4 is 10.9 Å². The molecule has 19 heavy (non-hydrogen) atoms. The van der Waals surface area contributed by atoms with Gasteiger partial charge in [-0.3, -0.25) is 4.79 Å².